The Hall–Kier alpha value is -2.12. The molecule has 1 N–H and O–H groups in total. The maximum absolute atomic E-state index is 14.0. The lowest BCUT2D eigenvalue weighted by atomic mass is 10.1. The summed E-state index contributed by atoms with van der Waals surface area (Å²) in [5.41, 5.74) is 4.28. The van der Waals surface area contributed by atoms with E-state index in [1.165, 1.54) is 6.07 Å². The molecule has 0 atom stereocenters. The Morgan fingerprint density at radius 3 is 2.60 bits per heavy atom. The van der Waals surface area contributed by atoms with Crippen molar-refractivity contribution in [2.75, 3.05) is 6.61 Å². The van der Waals surface area contributed by atoms with Crippen LogP contribution in [-0.2, 0) is 6.54 Å². The number of benzene rings is 1. The molecule has 104 valence electrons. The molecule has 0 saturated heterocycles. The molecule has 20 heavy (non-hydrogen) atoms. The number of halogens is 1. The highest BCUT2D eigenvalue weighted by molar-refractivity contribution is 5.37. The van der Waals surface area contributed by atoms with Gasteiger partial charge in [-0.1, -0.05) is 17.9 Å². The van der Waals surface area contributed by atoms with E-state index in [0.29, 0.717) is 17.7 Å². The zero-order valence-corrected chi connectivity index (χ0v) is 11.9. The van der Waals surface area contributed by atoms with Crippen LogP contribution in [0.25, 0.3) is 0 Å². The van der Waals surface area contributed by atoms with Crippen LogP contribution in [-0.4, -0.2) is 21.5 Å². The lowest BCUT2D eigenvalue weighted by Crippen LogP contribution is -2.06. The molecule has 1 aromatic carbocycles. The van der Waals surface area contributed by atoms with E-state index in [4.69, 9.17) is 5.11 Å². The van der Waals surface area contributed by atoms with Crippen LogP contribution < -0.4 is 0 Å². The van der Waals surface area contributed by atoms with E-state index in [9.17, 15) is 4.39 Å². The SMILES string of the molecule is Cc1nn(Cc2ccc(C#CCO)cc2F)c(C)c1C. The molecule has 2 aromatic rings. The fourth-order valence-corrected chi connectivity index (χ4v) is 2.00. The number of hydrogen-bond donors (Lipinski definition) is 1. The summed E-state index contributed by atoms with van der Waals surface area (Å²) in [7, 11) is 0. The first-order valence-corrected chi connectivity index (χ1v) is 6.41. The van der Waals surface area contributed by atoms with Gasteiger partial charge in [0.05, 0.1) is 12.2 Å². The number of aliphatic hydroxyl groups is 1. The number of hydrogen-bond acceptors (Lipinski definition) is 2. The predicted molar refractivity (Wildman–Crippen MR) is 75.9 cm³/mol. The first-order chi connectivity index (χ1) is 9.52. The van der Waals surface area contributed by atoms with E-state index in [1.54, 1.807) is 12.1 Å². The number of rotatable bonds is 2. The maximum Gasteiger partial charge on any atom is 0.129 e. The van der Waals surface area contributed by atoms with Crippen molar-refractivity contribution in [3.05, 3.63) is 52.1 Å². The molecular formula is C16H17FN2O. The molecule has 0 bridgehead atoms. The second kappa shape index (κ2) is 5.89. The number of aliphatic hydroxyl groups excluding tert-OH is 1. The lowest BCUT2D eigenvalue weighted by Gasteiger charge is -2.06. The normalized spacial score (nSPS) is 10.2. The van der Waals surface area contributed by atoms with Gasteiger partial charge in [0, 0.05) is 16.8 Å². The molecule has 0 amide bonds. The molecule has 0 aliphatic heterocycles. The van der Waals surface area contributed by atoms with Crippen LogP contribution in [0.5, 0.6) is 0 Å². The van der Waals surface area contributed by atoms with Crippen LogP contribution in [0.15, 0.2) is 18.2 Å². The van der Waals surface area contributed by atoms with Crippen LogP contribution in [0.3, 0.4) is 0 Å². The van der Waals surface area contributed by atoms with Gasteiger partial charge >= 0.3 is 0 Å². The molecule has 3 nitrogen and oxygen atoms in total. The molecule has 0 radical (unpaired) electrons. The fraction of sp³-hybridized carbons (Fsp3) is 0.312. The average Bonchev–Trinajstić information content (AvgIpc) is 2.67. The van der Waals surface area contributed by atoms with E-state index in [-0.39, 0.29) is 12.4 Å². The van der Waals surface area contributed by atoms with Crippen molar-refractivity contribution in [3.8, 4) is 11.8 Å². The smallest absolute Gasteiger partial charge is 0.129 e. The van der Waals surface area contributed by atoms with Gasteiger partial charge in [-0.25, -0.2) is 4.39 Å². The molecule has 1 aromatic heterocycles. The number of aryl methyl sites for hydroxylation is 1. The van der Waals surface area contributed by atoms with Gasteiger partial charge in [0.2, 0.25) is 0 Å². The Kier molecular flexibility index (Phi) is 4.21. The molecule has 4 heteroatoms. The predicted octanol–water partition coefficient (Wildman–Crippen LogP) is 2.34. The van der Waals surface area contributed by atoms with E-state index in [0.717, 1.165) is 17.0 Å². The highest BCUT2D eigenvalue weighted by atomic mass is 19.1. The monoisotopic (exact) mass is 272 g/mol. The van der Waals surface area contributed by atoms with E-state index in [2.05, 4.69) is 16.9 Å². The third-order valence-electron chi connectivity index (χ3n) is 3.43. The van der Waals surface area contributed by atoms with Crippen molar-refractivity contribution in [1.29, 1.82) is 0 Å². The minimum Gasteiger partial charge on any atom is -0.384 e. The molecular weight excluding hydrogens is 255 g/mol. The van der Waals surface area contributed by atoms with E-state index >= 15 is 0 Å². The second-order valence-electron chi connectivity index (χ2n) is 4.72. The minimum atomic E-state index is -0.306. The summed E-state index contributed by atoms with van der Waals surface area (Å²) in [6.07, 6.45) is 0. The quantitative estimate of drug-likeness (QED) is 0.852. The Bertz CT molecular complexity index is 692. The van der Waals surface area contributed by atoms with Crippen molar-refractivity contribution in [2.45, 2.75) is 27.3 Å². The summed E-state index contributed by atoms with van der Waals surface area (Å²) in [6, 6.07) is 4.85. The van der Waals surface area contributed by atoms with Gasteiger partial charge in [0.1, 0.15) is 12.4 Å². The van der Waals surface area contributed by atoms with Gasteiger partial charge in [-0.05, 0) is 38.5 Å². The van der Waals surface area contributed by atoms with E-state index in [1.807, 2.05) is 25.5 Å². The molecule has 0 aliphatic carbocycles. The van der Waals surface area contributed by atoms with Crippen molar-refractivity contribution in [2.24, 2.45) is 0 Å². The minimum absolute atomic E-state index is 0.228. The third-order valence-corrected chi connectivity index (χ3v) is 3.43. The van der Waals surface area contributed by atoms with Crippen LogP contribution in [0, 0.1) is 38.4 Å². The molecule has 0 aliphatic rings. The van der Waals surface area contributed by atoms with Gasteiger partial charge in [-0.15, -0.1) is 0 Å². The lowest BCUT2D eigenvalue weighted by molar-refractivity contribution is 0.350. The second-order valence-corrected chi connectivity index (χ2v) is 4.72. The summed E-state index contributed by atoms with van der Waals surface area (Å²) in [4.78, 5) is 0. The Labute approximate surface area is 118 Å². The molecule has 0 saturated carbocycles. The number of nitrogens with zero attached hydrogens (tertiary/aromatic N) is 2. The third kappa shape index (κ3) is 2.89. The first-order valence-electron chi connectivity index (χ1n) is 6.41. The fourth-order valence-electron chi connectivity index (χ4n) is 2.00. The molecule has 1 heterocycles. The van der Waals surface area contributed by atoms with Gasteiger partial charge in [-0.2, -0.15) is 5.10 Å². The van der Waals surface area contributed by atoms with Gasteiger partial charge in [0.15, 0.2) is 0 Å². The first kappa shape index (κ1) is 14.3. The van der Waals surface area contributed by atoms with Gasteiger partial charge in [0.25, 0.3) is 0 Å². The Balaban J connectivity index is 2.28. The van der Waals surface area contributed by atoms with Crippen molar-refractivity contribution >= 4 is 0 Å². The summed E-state index contributed by atoms with van der Waals surface area (Å²) in [6.45, 7) is 6.11. The zero-order valence-electron chi connectivity index (χ0n) is 11.9. The maximum atomic E-state index is 14.0. The van der Waals surface area contributed by atoms with E-state index < -0.39 is 0 Å². The van der Waals surface area contributed by atoms with Crippen LogP contribution in [0.1, 0.15) is 28.1 Å². The average molecular weight is 272 g/mol. The van der Waals surface area contributed by atoms with Crippen LogP contribution in [0.4, 0.5) is 4.39 Å². The summed E-state index contributed by atoms with van der Waals surface area (Å²) < 4.78 is 15.8. The topological polar surface area (TPSA) is 38.0 Å². The van der Waals surface area contributed by atoms with Crippen molar-refractivity contribution in [3.63, 3.8) is 0 Å². The van der Waals surface area contributed by atoms with Gasteiger partial charge < -0.3 is 5.11 Å². The largest absolute Gasteiger partial charge is 0.384 e. The molecule has 0 unspecified atom stereocenters. The molecule has 0 fully saturated rings. The molecule has 0 spiro atoms. The Morgan fingerprint density at radius 1 is 1.30 bits per heavy atom. The van der Waals surface area contributed by atoms with Crippen LogP contribution >= 0.6 is 0 Å². The highest BCUT2D eigenvalue weighted by Crippen LogP contribution is 2.16. The summed E-state index contributed by atoms with van der Waals surface area (Å²) in [5.74, 6) is 4.88. The highest BCUT2D eigenvalue weighted by Gasteiger charge is 2.10. The van der Waals surface area contributed by atoms with Crippen molar-refractivity contribution < 1.29 is 9.50 Å². The van der Waals surface area contributed by atoms with Gasteiger partial charge in [-0.3, -0.25) is 4.68 Å². The summed E-state index contributed by atoms with van der Waals surface area (Å²) in [5, 5.41) is 13.0. The standard InChI is InChI=1S/C16H17FN2O/c1-11-12(2)18-19(13(11)3)10-15-7-6-14(5-4-8-20)9-16(15)17/h6-7,9,20H,8,10H2,1-3H3. The number of aromatic nitrogens is 2. The zero-order chi connectivity index (χ0) is 14.7. The summed E-state index contributed by atoms with van der Waals surface area (Å²) >= 11 is 0. The molecule has 2 rings (SSSR count). The van der Waals surface area contributed by atoms with Crippen molar-refractivity contribution in [1.82, 2.24) is 9.78 Å². The van der Waals surface area contributed by atoms with Crippen LogP contribution in [0.2, 0.25) is 0 Å². The Morgan fingerprint density at radius 2 is 2.05 bits per heavy atom.